The molecule has 0 atom stereocenters. The van der Waals surface area contributed by atoms with Gasteiger partial charge in [-0.25, -0.2) is 4.79 Å². The fraction of sp³-hybridized carbons (Fsp3) is 0.400. The first-order valence-electron chi connectivity index (χ1n) is 7.04. The fourth-order valence-electron chi connectivity index (χ4n) is 2.83. The summed E-state index contributed by atoms with van der Waals surface area (Å²) in [6, 6.07) is 3.03. The van der Waals surface area contributed by atoms with E-state index >= 15 is 0 Å². The average Bonchev–Trinajstić information content (AvgIpc) is 3.00. The number of hydrogen-bond donors (Lipinski definition) is 2. The Morgan fingerprint density at radius 2 is 1.95 bits per heavy atom. The first-order valence-corrected chi connectivity index (χ1v) is 7.04. The molecule has 1 aromatic heterocycles. The second kappa shape index (κ2) is 5.29. The van der Waals surface area contributed by atoms with Gasteiger partial charge < -0.3 is 10.4 Å². The fourth-order valence-corrected chi connectivity index (χ4v) is 2.83. The number of aliphatic hydroxyl groups is 1. The number of amides is 3. The third-order valence-corrected chi connectivity index (χ3v) is 3.97. The Morgan fingerprint density at radius 1 is 1.29 bits per heavy atom. The molecule has 0 unspecified atom stereocenters. The van der Waals surface area contributed by atoms with Crippen LogP contribution < -0.4 is 5.32 Å². The molecule has 110 valence electrons. The number of hydrogen-bond acceptors (Lipinski definition) is 4. The number of pyridine rings is 1. The molecule has 3 amide bonds. The van der Waals surface area contributed by atoms with Crippen molar-refractivity contribution in [2.45, 2.75) is 31.3 Å². The minimum absolute atomic E-state index is 0.0609. The Kier molecular flexibility index (Phi) is 3.47. The van der Waals surface area contributed by atoms with Crippen molar-refractivity contribution in [2.75, 3.05) is 6.54 Å². The summed E-state index contributed by atoms with van der Waals surface area (Å²) in [5.74, 6) is -0.392. The van der Waals surface area contributed by atoms with Gasteiger partial charge in [-0.1, -0.05) is 12.8 Å². The van der Waals surface area contributed by atoms with Crippen molar-refractivity contribution in [3.63, 3.8) is 0 Å². The number of β-amino-alcohol motifs (C(OH)–C–C–N with tert-alkyl or cyclic N) is 1. The molecule has 1 saturated carbocycles. The third-order valence-electron chi connectivity index (χ3n) is 3.97. The summed E-state index contributed by atoms with van der Waals surface area (Å²) >= 11 is 0. The predicted molar refractivity (Wildman–Crippen MR) is 75.9 cm³/mol. The highest BCUT2D eigenvalue weighted by atomic mass is 16.3. The van der Waals surface area contributed by atoms with Gasteiger partial charge in [-0.3, -0.25) is 14.7 Å². The van der Waals surface area contributed by atoms with E-state index in [1.165, 1.54) is 0 Å². The zero-order valence-corrected chi connectivity index (χ0v) is 11.6. The van der Waals surface area contributed by atoms with Gasteiger partial charge in [-0.2, -0.15) is 0 Å². The van der Waals surface area contributed by atoms with Gasteiger partial charge in [0.25, 0.3) is 5.91 Å². The van der Waals surface area contributed by atoms with Gasteiger partial charge in [0.2, 0.25) is 0 Å². The molecule has 6 heteroatoms. The number of carbonyl (C=O) groups excluding carboxylic acids is 2. The molecule has 0 bridgehead atoms. The second-order valence-corrected chi connectivity index (χ2v) is 5.59. The molecule has 1 saturated heterocycles. The molecule has 1 aromatic rings. The van der Waals surface area contributed by atoms with Crippen molar-refractivity contribution in [1.82, 2.24) is 15.2 Å². The highest BCUT2D eigenvalue weighted by Gasteiger charge is 2.41. The van der Waals surface area contributed by atoms with E-state index < -0.39 is 17.5 Å². The lowest BCUT2D eigenvalue weighted by molar-refractivity contribution is -0.125. The summed E-state index contributed by atoms with van der Waals surface area (Å²) in [6.07, 6.45) is 7.97. The van der Waals surface area contributed by atoms with Gasteiger partial charge in [0.05, 0.1) is 12.1 Å². The van der Waals surface area contributed by atoms with Gasteiger partial charge in [0, 0.05) is 12.4 Å². The SMILES string of the molecule is O=C1NC(=Cc2ccncc2)C(=O)N1CC1(O)CCCC1. The number of nitrogens with zero attached hydrogens (tertiary/aromatic N) is 2. The number of rotatable bonds is 3. The standard InChI is InChI=1S/C15H17N3O3/c19-13-12(9-11-3-7-16-8-4-11)17-14(20)18(13)10-15(21)5-1-2-6-15/h3-4,7-9,21H,1-2,5-6,10H2,(H,17,20). The van der Waals surface area contributed by atoms with Crippen LogP contribution in [0, 0.1) is 0 Å². The van der Waals surface area contributed by atoms with Crippen molar-refractivity contribution < 1.29 is 14.7 Å². The smallest absolute Gasteiger partial charge is 0.329 e. The Morgan fingerprint density at radius 3 is 2.62 bits per heavy atom. The van der Waals surface area contributed by atoms with E-state index in [1.807, 2.05) is 0 Å². The van der Waals surface area contributed by atoms with Gasteiger partial charge in [0.1, 0.15) is 5.70 Å². The first-order chi connectivity index (χ1) is 10.1. The maximum Gasteiger partial charge on any atom is 0.329 e. The Hall–Kier alpha value is -2.21. The normalized spacial score (nSPS) is 22.9. The summed E-state index contributed by atoms with van der Waals surface area (Å²) in [6.45, 7) is 0.0609. The largest absolute Gasteiger partial charge is 0.388 e. The zero-order valence-electron chi connectivity index (χ0n) is 11.6. The van der Waals surface area contributed by atoms with Crippen LogP contribution in [0.1, 0.15) is 31.2 Å². The number of aromatic nitrogens is 1. The monoisotopic (exact) mass is 287 g/mol. The number of urea groups is 1. The number of carbonyl (C=O) groups is 2. The topological polar surface area (TPSA) is 82.5 Å². The lowest BCUT2D eigenvalue weighted by Gasteiger charge is -2.26. The van der Waals surface area contributed by atoms with Crippen LogP contribution in [0.5, 0.6) is 0 Å². The lowest BCUT2D eigenvalue weighted by Crippen LogP contribution is -2.44. The van der Waals surface area contributed by atoms with Gasteiger partial charge >= 0.3 is 6.03 Å². The van der Waals surface area contributed by atoms with Crippen molar-refractivity contribution in [3.05, 3.63) is 35.8 Å². The van der Waals surface area contributed by atoms with Crippen LogP contribution in [0.3, 0.4) is 0 Å². The minimum Gasteiger partial charge on any atom is -0.388 e. The van der Waals surface area contributed by atoms with E-state index in [4.69, 9.17) is 0 Å². The highest BCUT2D eigenvalue weighted by Crippen LogP contribution is 2.31. The molecule has 2 fully saturated rings. The van der Waals surface area contributed by atoms with Crippen molar-refractivity contribution >= 4 is 18.0 Å². The Balaban J connectivity index is 1.78. The van der Waals surface area contributed by atoms with E-state index in [0.717, 1.165) is 23.3 Å². The molecular weight excluding hydrogens is 270 g/mol. The molecular formula is C15H17N3O3. The molecule has 21 heavy (non-hydrogen) atoms. The zero-order chi connectivity index (χ0) is 14.9. The summed E-state index contributed by atoms with van der Waals surface area (Å²) in [4.78, 5) is 29.2. The summed E-state index contributed by atoms with van der Waals surface area (Å²) in [5.41, 5.74) is 0.0851. The number of nitrogens with one attached hydrogen (secondary N) is 1. The van der Waals surface area contributed by atoms with Crippen LogP contribution in [0.15, 0.2) is 30.2 Å². The first kappa shape index (κ1) is 13.8. The van der Waals surface area contributed by atoms with Gasteiger partial charge in [-0.05, 0) is 36.6 Å². The van der Waals surface area contributed by atoms with Gasteiger partial charge in [0.15, 0.2) is 0 Å². The molecule has 2 heterocycles. The summed E-state index contributed by atoms with van der Waals surface area (Å²) in [7, 11) is 0. The molecule has 0 aromatic carbocycles. The molecule has 2 N–H and O–H groups in total. The van der Waals surface area contributed by atoms with Crippen LogP contribution in [0.4, 0.5) is 4.79 Å². The van der Waals surface area contributed by atoms with Crippen LogP contribution >= 0.6 is 0 Å². The Labute approximate surface area is 122 Å². The van der Waals surface area contributed by atoms with Crippen molar-refractivity contribution in [3.8, 4) is 0 Å². The van der Waals surface area contributed by atoms with E-state index in [0.29, 0.717) is 12.8 Å². The van der Waals surface area contributed by atoms with Crippen LogP contribution in [-0.2, 0) is 4.79 Å². The third kappa shape index (κ3) is 2.80. The van der Waals surface area contributed by atoms with E-state index in [2.05, 4.69) is 10.3 Å². The van der Waals surface area contributed by atoms with Gasteiger partial charge in [-0.15, -0.1) is 0 Å². The molecule has 3 rings (SSSR count). The van der Waals surface area contributed by atoms with E-state index in [9.17, 15) is 14.7 Å². The lowest BCUT2D eigenvalue weighted by atomic mass is 10.0. The Bertz CT molecular complexity index is 591. The number of imide groups is 1. The van der Waals surface area contributed by atoms with E-state index in [1.54, 1.807) is 30.6 Å². The summed E-state index contributed by atoms with van der Waals surface area (Å²) in [5, 5.41) is 12.9. The molecule has 2 aliphatic rings. The van der Waals surface area contributed by atoms with E-state index in [-0.39, 0.29) is 12.2 Å². The average molecular weight is 287 g/mol. The maximum atomic E-state index is 12.3. The molecule has 0 spiro atoms. The molecule has 0 radical (unpaired) electrons. The molecule has 1 aliphatic carbocycles. The quantitative estimate of drug-likeness (QED) is 0.648. The molecule has 6 nitrogen and oxygen atoms in total. The van der Waals surface area contributed by atoms with Crippen LogP contribution in [-0.4, -0.2) is 39.1 Å². The van der Waals surface area contributed by atoms with Crippen molar-refractivity contribution in [1.29, 1.82) is 0 Å². The van der Waals surface area contributed by atoms with Crippen LogP contribution in [0.2, 0.25) is 0 Å². The van der Waals surface area contributed by atoms with Crippen LogP contribution in [0.25, 0.3) is 6.08 Å². The summed E-state index contributed by atoms with van der Waals surface area (Å²) < 4.78 is 0. The minimum atomic E-state index is -0.931. The van der Waals surface area contributed by atoms with Crippen molar-refractivity contribution in [2.24, 2.45) is 0 Å². The second-order valence-electron chi connectivity index (χ2n) is 5.59. The maximum absolute atomic E-state index is 12.3. The predicted octanol–water partition coefficient (Wildman–Crippen LogP) is 1.28. The molecule has 1 aliphatic heterocycles. The highest BCUT2D eigenvalue weighted by molar-refractivity contribution is 6.14.